The van der Waals surface area contributed by atoms with Crippen LogP contribution in [0.4, 0.5) is 10.1 Å². The Morgan fingerprint density at radius 2 is 1.93 bits per heavy atom. The van der Waals surface area contributed by atoms with Crippen molar-refractivity contribution < 1.29 is 19.1 Å². The predicted octanol–water partition coefficient (Wildman–Crippen LogP) is 3.15. The first-order valence-electron chi connectivity index (χ1n) is 9.51. The number of rotatable bonds is 4. The number of benzene rings is 1. The zero-order chi connectivity index (χ0) is 21.3. The van der Waals surface area contributed by atoms with Crippen LogP contribution in [0.3, 0.4) is 0 Å². The van der Waals surface area contributed by atoms with Crippen LogP contribution in [0, 0.1) is 11.7 Å². The van der Waals surface area contributed by atoms with Crippen LogP contribution in [-0.4, -0.2) is 37.6 Å². The molecule has 2 aromatic heterocycles. The van der Waals surface area contributed by atoms with Gasteiger partial charge >= 0.3 is 0 Å². The summed E-state index contributed by atoms with van der Waals surface area (Å²) in [6.07, 6.45) is 3.87. The van der Waals surface area contributed by atoms with Gasteiger partial charge < -0.3 is 15.7 Å². The molecular weight excluding hydrogens is 413 g/mol. The highest BCUT2D eigenvalue weighted by atomic mass is 35.5. The fraction of sp³-hybridized carbons (Fsp3) is 0.300. The Bertz CT molecular complexity index is 1110. The van der Waals surface area contributed by atoms with E-state index >= 15 is 0 Å². The van der Waals surface area contributed by atoms with Crippen LogP contribution >= 0.6 is 11.6 Å². The van der Waals surface area contributed by atoms with Gasteiger partial charge in [-0.2, -0.15) is 0 Å². The summed E-state index contributed by atoms with van der Waals surface area (Å²) in [5.74, 6) is -1.40. The van der Waals surface area contributed by atoms with E-state index in [1.54, 1.807) is 6.07 Å². The van der Waals surface area contributed by atoms with E-state index in [1.165, 1.54) is 28.9 Å². The van der Waals surface area contributed by atoms with Crippen molar-refractivity contribution in [2.45, 2.75) is 31.7 Å². The number of amides is 2. The average Bonchev–Trinajstić information content (AvgIpc) is 3.13. The zero-order valence-electron chi connectivity index (χ0n) is 15.8. The van der Waals surface area contributed by atoms with Crippen LogP contribution in [0.2, 0.25) is 5.02 Å². The lowest BCUT2D eigenvalue weighted by Crippen LogP contribution is -2.40. The number of hydrogen-bond donors (Lipinski definition) is 3. The van der Waals surface area contributed by atoms with Crippen LogP contribution in [-0.2, 0) is 4.79 Å². The van der Waals surface area contributed by atoms with Crippen molar-refractivity contribution in [2.24, 2.45) is 5.92 Å². The molecule has 2 amide bonds. The van der Waals surface area contributed by atoms with Crippen LogP contribution in [0.25, 0.3) is 5.65 Å². The molecule has 156 valence electrons. The van der Waals surface area contributed by atoms with Crippen molar-refractivity contribution in [3.63, 3.8) is 0 Å². The summed E-state index contributed by atoms with van der Waals surface area (Å²) >= 11 is 5.96. The van der Waals surface area contributed by atoms with E-state index in [1.807, 2.05) is 0 Å². The molecule has 0 atom stereocenters. The number of carbonyl (C=O) groups is 2. The molecule has 1 aromatic carbocycles. The SMILES string of the molecule is O=C(N[C@H]1CC[C@H](C(=O)Nc2ccc(F)cc2Cl)CC1)c1cnc2ccc(O)nn12. The van der Waals surface area contributed by atoms with Crippen LogP contribution in [0.1, 0.15) is 36.2 Å². The van der Waals surface area contributed by atoms with Gasteiger partial charge in [0.25, 0.3) is 5.91 Å². The lowest BCUT2D eigenvalue weighted by atomic mass is 9.85. The number of fused-ring (bicyclic) bond motifs is 1. The van der Waals surface area contributed by atoms with Gasteiger partial charge in [0.1, 0.15) is 5.82 Å². The lowest BCUT2D eigenvalue weighted by molar-refractivity contribution is -0.120. The van der Waals surface area contributed by atoms with E-state index in [-0.39, 0.29) is 40.4 Å². The minimum Gasteiger partial charge on any atom is -0.492 e. The number of aromatic hydroxyl groups is 1. The van der Waals surface area contributed by atoms with Gasteiger partial charge in [0, 0.05) is 18.0 Å². The van der Waals surface area contributed by atoms with E-state index in [2.05, 4.69) is 20.7 Å². The second kappa shape index (κ2) is 8.27. The summed E-state index contributed by atoms with van der Waals surface area (Å²) < 4.78 is 14.4. The van der Waals surface area contributed by atoms with Crippen molar-refractivity contribution in [1.29, 1.82) is 0 Å². The van der Waals surface area contributed by atoms with Crippen molar-refractivity contribution in [1.82, 2.24) is 19.9 Å². The predicted molar refractivity (Wildman–Crippen MR) is 108 cm³/mol. The highest BCUT2D eigenvalue weighted by Gasteiger charge is 2.28. The summed E-state index contributed by atoms with van der Waals surface area (Å²) in [5, 5.41) is 19.3. The fourth-order valence-corrected chi connectivity index (χ4v) is 3.82. The third-order valence-electron chi connectivity index (χ3n) is 5.20. The molecule has 1 fully saturated rings. The molecule has 0 saturated heterocycles. The normalized spacial score (nSPS) is 18.9. The van der Waals surface area contributed by atoms with Gasteiger partial charge in [0.15, 0.2) is 11.3 Å². The van der Waals surface area contributed by atoms with Gasteiger partial charge in [-0.1, -0.05) is 11.6 Å². The molecule has 0 bridgehead atoms. The molecule has 8 nitrogen and oxygen atoms in total. The Kier molecular flexibility index (Phi) is 5.54. The lowest BCUT2D eigenvalue weighted by Gasteiger charge is -2.28. The van der Waals surface area contributed by atoms with E-state index in [9.17, 15) is 19.1 Å². The highest BCUT2D eigenvalue weighted by molar-refractivity contribution is 6.33. The monoisotopic (exact) mass is 431 g/mol. The number of hydrogen-bond acceptors (Lipinski definition) is 5. The fourth-order valence-electron chi connectivity index (χ4n) is 3.60. The second-order valence-electron chi connectivity index (χ2n) is 7.24. The molecule has 0 radical (unpaired) electrons. The number of halogens is 2. The summed E-state index contributed by atoms with van der Waals surface area (Å²) in [7, 11) is 0. The molecule has 1 aliphatic rings. The first-order valence-corrected chi connectivity index (χ1v) is 9.89. The maximum atomic E-state index is 13.1. The van der Waals surface area contributed by atoms with Gasteiger partial charge in [-0.3, -0.25) is 9.59 Å². The second-order valence-corrected chi connectivity index (χ2v) is 7.65. The minimum atomic E-state index is -0.467. The van der Waals surface area contributed by atoms with Crippen molar-refractivity contribution in [2.75, 3.05) is 5.32 Å². The standard InChI is InChI=1S/C20H19ClFN5O3/c21-14-9-12(22)3-6-15(14)25-19(29)11-1-4-13(5-2-11)24-20(30)16-10-23-17-7-8-18(28)26-27(16)17/h3,6-11,13H,1-2,4-5H2,(H,24,30)(H,25,29)(H,26,28)/t11-,13-. The van der Waals surface area contributed by atoms with E-state index < -0.39 is 5.82 Å². The molecular formula is C20H19ClFN5O3. The van der Waals surface area contributed by atoms with Gasteiger partial charge in [-0.25, -0.2) is 13.9 Å². The molecule has 1 aliphatic carbocycles. The van der Waals surface area contributed by atoms with Crippen molar-refractivity contribution >= 4 is 34.7 Å². The largest absolute Gasteiger partial charge is 0.492 e. The average molecular weight is 432 g/mol. The van der Waals surface area contributed by atoms with E-state index in [0.717, 1.165) is 6.07 Å². The maximum Gasteiger partial charge on any atom is 0.271 e. The molecule has 1 saturated carbocycles. The highest BCUT2D eigenvalue weighted by Crippen LogP contribution is 2.28. The van der Waals surface area contributed by atoms with Gasteiger partial charge in [0.05, 0.1) is 16.9 Å². The quantitative estimate of drug-likeness (QED) is 0.588. The molecule has 0 unspecified atom stereocenters. The number of nitrogens with one attached hydrogen (secondary N) is 2. The van der Waals surface area contributed by atoms with Crippen LogP contribution < -0.4 is 10.6 Å². The Labute approximate surface area is 176 Å². The summed E-state index contributed by atoms with van der Waals surface area (Å²) in [6.45, 7) is 0. The molecule has 0 aliphatic heterocycles. The van der Waals surface area contributed by atoms with Crippen LogP contribution in [0.15, 0.2) is 36.5 Å². The number of aromatic nitrogens is 3. The first kappa shape index (κ1) is 20.1. The Balaban J connectivity index is 1.33. The van der Waals surface area contributed by atoms with Crippen LogP contribution in [0.5, 0.6) is 5.88 Å². The van der Waals surface area contributed by atoms with Gasteiger partial charge in [0.2, 0.25) is 11.8 Å². The number of carbonyl (C=O) groups excluding carboxylic acids is 2. The Morgan fingerprint density at radius 1 is 1.17 bits per heavy atom. The Hall–Kier alpha value is -3.20. The first-order chi connectivity index (χ1) is 14.4. The summed E-state index contributed by atoms with van der Waals surface area (Å²) in [4.78, 5) is 29.2. The molecule has 4 rings (SSSR count). The smallest absolute Gasteiger partial charge is 0.271 e. The van der Waals surface area contributed by atoms with E-state index in [0.29, 0.717) is 37.0 Å². The van der Waals surface area contributed by atoms with Crippen molar-refractivity contribution in [3.05, 3.63) is 53.1 Å². The molecule has 3 N–H and O–H groups in total. The number of anilines is 1. The number of imidazole rings is 1. The molecule has 3 aromatic rings. The Morgan fingerprint density at radius 3 is 2.67 bits per heavy atom. The van der Waals surface area contributed by atoms with E-state index in [4.69, 9.17) is 11.6 Å². The molecule has 2 heterocycles. The van der Waals surface area contributed by atoms with Crippen molar-refractivity contribution in [3.8, 4) is 5.88 Å². The molecule has 0 spiro atoms. The third-order valence-corrected chi connectivity index (χ3v) is 5.52. The number of nitrogens with zero attached hydrogens (tertiary/aromatic N) is 3. The zero-order valence-corrected chi connectivity index (χ0v) is 16.6. The van der Waals surface area contributed by atoms with Gasteiger partial charge in [-0.15, -0.1) is 5.10 Å². The maximum absolute atomic E-state index is 13.1. The minimum absolute atomic E-state index is 0.0844. The topological polar surface area (TPSA) is 109 Å². The van der Waals surface area contributed by atoms with Gasteiger partial charge in [-0.05, 0) is 49.9 Å². The summed E-state index contributed by atoms with van der Waals surface area (Å²) in [5.41, 5.74) is 1.06. The third kappa shape index (κ3) is 4.20. The molecule has 10 heteroatoms. The summed E-state index contributed by atoms with van der Waals surface area (Å²) in [6, 6.07) is 6.70. The molecule has 30 heavy (non-hydrogen) atoms.